The number of rotatable bonds is 12. The number of carbonyl (C=O) groups is 2. The Labute approximate surface area is 245 Å². The molecule has 1 saturated heterocycles. The average molecular weight is 629 g/mol. The molecule has 1 fully saturated rings. The SMILES string of the molecule is CN1CCN(C(=O)CCc2ccc([C@@H](CCC(=O)O)CNS(=O)(=O)c3ccc(-c4cc(C(F)(F)F)on4)s3)cc2)CC1. The van der Waals surface area contributed by atoms with Gasteiger partial charge >= 0.3 is 12.1 Å². The van der Waals surface area contributed by atoms with Crippen molar-refractivity contribution in [3.8, 4) is 10.6 Å². The van der Waals surface area contributed by atoms with Gasteiger partial charge in [0.1, 0.15) is 9.90 Å². The Morgan fingerprint density at radius 3 is 2.40 bits per heavy atom. The highest BCUT2D eigenvalue weighted by Crippen LogP contribution is 2.35. The first-order chi connectivity index (χ1) is 19.8. The smallest absolute Gasteiger partial charge is 0.452 e. The summed E-state index contributed by atoms with van der Waals surface area (Å²) in [5.74, 6) is -2.67. The number of halogens is 3. The van der Waals surface area contributed by atoms with Crippen molar-refractivity contribution >= 4 is 33.2 Å². The number of piperazine rings is 1. The summed E-state index contributed by atoms with van der Waals surface area (Å²) in [6.07, 6.45) is -3.79. The van der Waals surface area contributed by atoms with Gasteiger partial charge in [0.25, 0.3) is 0 Å². The molecule has 1 amide bonds. The summed E-state index contributed by atoms with van der Waals surface area (Å²) >= 11 is 0.735. The molecule has 0 unspecified atom stereocenters. The summed E-state index contributed by atoms with van der Waals surface area (Å²) in [6, 6.07) is 10.6. The van der Waals surface area contributed by atoms with Crippen LogP contribution in [0, 0.1) is 0 Å². The van der Waals surface area contributed by atoms with Gasteiger partial charge in [-0.3, -0.25) is 9.59 Å². The van der Waals surface area contributed by atoms with E-state index in [1.807, 2.05) is 36.2 Å². The Balaban J connectivity index is 1.38. The number of aliphatic carboxylic acids is 1. The maximum Gasteiger partial charge on any atom is 0.452 e. The normalized spacial score (nSPS) is 15.6. The second-order valence-corrected chi connectivity index (χ2v) is 13.2. The number of alkyl halides is 3. The predicted octanol–water partition coefficient (Wildman–Crippen LogP) is 4.06. The third-order valence-electron chi connectivity index (χ3n) is 7.05. The van der Waals surface area contributed by atoms with Crippen LogP contribution in [0.2, 0.25) is 0 Å². The van der Waals surface area contributed by atoms with Crippen LogP contribution in [0.25, 0.3) is 10.6 Å². The third-order valence-corrected chi connectivity index (χ3v) is 10.1. The largest absolute Gasteiger partial charge is 0.481 e. The van der Waals surface area contributed by atoms with E-state index in [9.17, 15) is 36.3 Å². The number of likely N-dealkylation sites (N-methyl/N-ethyl adjacent to an activating group) is 1. The molecule has 228 valence electrons. The van der Waals surface area contributed by atoms with E-state index < -0.39 is 33.8 Å². The zero-order chi connectivity index (χ0) is 30.5. The van der Waals surface area contributed by atoms with Gasteiger partial charge in [-0.2, -0.15) is 13.2 Å². The number of thiophene rings is 1. The van der Waals surface area contributed by atoms with Gasteiger partial charge in [0, 0.05) is 51.6 Å². The maximum absolute atomic E-state index is 13.0. The summed E-state index contributed by atoms with van der Waals surface area (Å²) in [4.78, 5) is 28.0. The summed E-state index contributed by atoms with van der Waals surface area (Å²) in [5.41, 5.74) is 1.53. The number of sulfonamides is 1. The molecule has 2 N–H and O–H groups in total. The molecule has 0 saturated carbocycles. The average Bonchev–Trinajstić information content (AvgIpc) is 3.63. The number of hydrogen-bond donors (Lipinski definition) is 2. The van der Waals surface area contributed by atoms with Crippen molar-refractivity contribution in [1.29, 1.82) is 0 Å². The number of hydrogen-bond acceptors (Lipinski definition) is 8. The second-order valence-electron chi connectivity index (χ2n) is 10.1. The van der Waals surface area contributed by atoms with Gasteiger partial charge in [0.05, 0.1) is 4.88 Å². The number of carboxylic acid groups (broad SMARTS) is 1. The lowest BCUT2D eigenvalue weighted by atomic mass is 9.93. The van der Waals surface area contributed by atoms with Crippen LogP contribution in [-0.2, 0) is 32.2 Å². The number of carboxylic acids is 1. The summed E-state index contributed by atoms with van der Waals surface area (Å²) in [7, 11) is -2.03. The zero-order valence-corrected chi connectivity index (χ0v) is 24.4. The fourth-order valence-electron chi connectivity index (χ4n) is 4.51. The fourth-order valence-corrected chi connectivity index (χ4v) is 6.90. The molecule has 3 heterocycles. The van der Waals surface area contributed by atoms with E-state index in [0.717, 1.165) is 35.6 Å². The lowest BCUT2D eigenvalue weighted by Gasteiger charge is -2.32. The van der Waals surface area contributed by atoms with Crippen LogP contribution >= 0.6 is 11.3 Å². The maximum atomic E-state index is 13.0. The molecule has 2 aromatic heterocycles. The molecule has 0 aliphatic carbocycles. The molecule has 0 spiro atoms. The standard InChI is InChI=1S/C27H31F3N4O6S2/c1-33-12-14-34(15-13-33)24(35)9-4-18-2-5-19(6-3-18)20(7-10-25(36)37)17-31-42(38,39)26-11-8-22(41-26)21-16-23(40-32-21)27(28,29)30/h2-3,5-6,8,11,16,20,31H,4,7,9-10,12-15,17H2,1H3,(H,36,37)/t20-/m0/s1. The van der Waals surface area contributed by atoms with Gasteiger partial charge in [-0.1, -0.05) is 29.4 Å². The van der Waals surface area contributed by atoms with Gasteiger partial charge in [-0.25, -0.2) is 13.1 Å². The molecule has 3 aromatic rings. The molecule has 1 aliphatic rings. The minimum absolute atomic E-state index is 0.0910. The minimum Gasteiger partial charge on any atom is -0.481 e. The number of nitrogens with zero attached hydrogens (tertiary/aromatic N) is 3. The van der Waals surface area contributed by atoms with Crippen LogP contribution < -0.4 is 4.72 Å². The van der Waals surface area contributed by atoms with Crippen molar-refractivity contribution in [1.82, 2.24) is 19.7 Å². The van der Waals surface area contributed by atoms with E-state index in [1.165, 1.54) is 12.1 Å². The van der Waals surface area contributed by atoms with Crippen molar-refractivity contribution in [2.75, 3.05) is 39.8 Å². The van der Waals surface area contributed by atoms with Crippen LogP contribution in [-0.4, -0.2) is 80.1 Å². The number of aromatic nitrogens is 1. The molecule has 10 nitrogen and oxygen atoms in total. The Hall–Kier alpha value is -3.27. The predicted molar refractivity (Wildman–Crippen MR) is 148 cm³/mol. The van der Waals surface area contributed by atoms with Crippen molar-refractivity contribution in [3.05, 3.63) is 59.4 Å². The number of nitrogens with one attached hydrogen (secondary N) is 1. The first-order valence-electron chi connectivity index (χ1n) is 13.2. The molecule has 1 aliphatic heterocycles. The molecule has 1 aromatic carbocycles. The first kappa shape index (κ1) is 31.7. The highest BCUT2D eigenvalue weighted by Gasteiger charge is 2.36. The summed E-state index contributed by atoms with van der Waals surface area (Å²) in [6.45, 7) is 3.02. The van der Waals surface area contributed by atoms with Gasteiger partial charge in [-0.15, -0.1) is 11.3 Å². The minimum atomic E-state index is -4.72. The van der Waals surface area contributed by atoms with Crippen LogP contribution in [0.5, 0.6) is 0 Å². The fraction of sp³-hybridized carbons (Fsp3) is 0.444. The van der Waals surface area contributed by atoms with Crippen LogP contribution in [0.15, 0.2) is 51.2 Å². The number of amides is 1. The second kappa shape index (κ2) is 13.4. The first-order valence-corrected chi connectivity index (χ1v) is 15.5. The van der Waals surface area contributed by atoms with E-state index in [4.69, 9.17) is 0 Å². The van der Waals surface area contributed by atoms with Crippen LogP contribution in [0.1, 0.15) is 42.1 Å². The summed E-state index contributed by atoms with van der Waals surface area (Å²) < 4.78 is 71.1. The molecule has 1 atom stereocenters. The Kier molecular flexibility index (Phi) is 10.1. The van der Waals surface area contributed by atoms with Crippen molar-refractivity contribution in [2.24, 2.45) is 0 Å². The van der Waals surface area contributed by atoms with Crippen LogP contribution in [0.3, 0.4) is 0 Å². The zero-order valence-electron chi connectivity index (χ0n) is 22.8. The van der Waals surface area contributed by atoms with Gasteiger partial charge in [-0.05, 0) is 49.1 Å². The van der Waals surface area contributed by atoms with Gasteiger partial charge in [0.2, 0.25) is 21.7 Å². The molecule has 42 heavy (non-hydrogen) atoms. The monoisotopic (exact) mass is 628 g/mol. The van der Waals surface area contributed by atoms with Crippen molar-refractivity contribution in [2.45, 2.75) is 42.0 Å². The van der Waals surface area contributed by atoms with Gasteiger partial charge < -0.3 is 19.4 Å². The Morgan fingerprint density at radius 2 is 1.79 bits per heavy atom. The molecular formula is C27H31F3N4O6S2. The van der Waals surface area contributed by atoms with E-state index in [0.29, 0.717) is 32.0 Å². The quantitative estimate of drug-likeness (QED) is 0.307. The topological polar surface area (TPSA) is 133 Å². The van der Waals surface area contributed by atoms with E-state index >= 15 is 0 Å². The Bertz CT molecular complexity index is 1480. The molecule has 4 rings (SSSR count). The summed E-state index contributed by atoms with van der Waals surface area (Å²) in [5, 5.41) is 12.6. The molecule has 0 radical (unpaired) electrons. The molecule has 15 heteroatoms. The number of benzene rings is 1. The molecular weight excluding hydrogens is 597 g/mol. The van der Waals surface area contributed by atoms with Crippen molar-refractivity contribution < 1.29 is 40.8 Å². The highest BCUT2D eigenvalue weighted by molar-refractivity contribution is 7.91. The number of aryl methyl sites for hydroxylation is 1. The third kappa shape index (κ3) is 8.40. The van der Waals surface area contributed by atoms with Crippen molar-refractivity contribution in [3.63, 3.8) is 0 Å². The Morgan fingerprint density at radius 1 is 1.10 bits per heavy atom. The van der Waals surface area contributed by atoms with E-state index in [2.05, 4.69) is 19.3 Å². The lowest BCUT2D eigenvalue weighted by molar-refractivity contribution is -0.155. The van der Waals surface area contributed by atoms with E-state index in [1.54, 1.807) is 0 Å². The van der Waals surface area contributed by atoms with Crippen LogP contribution in [0.4, 0.5) is 13.2 Å². The molecule has 0 bridgehead atoms. The van der Waals surface area contributed by atoms with E-state index in [-0.39, 0.29) is 40.1 Å². The lowest BCUT2D eigenvalue weighted by Crippen LogP contribution is -2.47. The highest BCUT2D eigenvalue weighted by atomic mass is 32.2. The van der Waals surface area contributed by atoms with Gasteiger partial charge in [0.15, 0.2) is 0 Å². The number of carbonyl (C=O) groups excluding carboxylic acids is 1.